The molecule has 2 nitrogen and oxygen atoms in total. The fourth-order valence-corrected chi connectivity index (χ4v) is 3.93. The second-order valence-corrected chi connectivity index (χ2v) is 6.38. The Morgan fingerprint density at radius 1 is 1.22 bits per heavy atom. The van der Waals surface area contributed by atoms with Gasteiger partial charge in [-0.05, 0) is 49.4 Å². The van der Waals surface area contributed by atoms with E-state index in [1.54, 1.807) is 6.07 Å². The van der Waals surface area contributed by atoms with Crippen molar-refractivity contribution in [2.24, 2.45) is 0 Å². The van der Waals surface area contributed by atoms with E-state index in [1.807, 2.05) is 6.07 Å². The molecule has 2 atom stereocenters. The Morgan fingerprint density at radius 3 is 2.50 bits per heavy atom. The number of rotatable bonds is 2. The van der Waals surface area contributed by atoms with Gasteiger partial charge in [0.05, 0.1) is 6.10 Å². The molecule has 1 aromatic carbocycles. The van der Waals surface area contributed by atoms with Crippen molar-refractivity contribution in [3.05, 3.63) is 34.1 Å². The molecule has 0 amide bonds. The first-order valence-electron chi connectivity index (χ1n) is 6.50. The molecule has 1 N–H and O–H groups in total. The van der Waals surface area contributed by atoms with Crippen LogP contribution in [0.3, 0.4) is 0 Å². The maximum absolute atomic E-state index is 13.4. The summed E-state index contributed by atoms with van der Waals surface area (Å²) < 4.78 is 14.2. The van der Waals surface area contributed by atoms with Crippen LogP contribution in [-0.4, -0.2) is 28.2 Å². The molecule has 4 heteroatoms. The molecule has 2 aliphatic rings. The van der Waals surface area contributed by atoms with Gasteiger partial charge in [-0.25, -0.2) is 4.39 Å². The van der Waals surface area contributed by atoms with Gasteiger partial charge in [0.1, 0.15) is 5.82 Å². The maximum Gasteiger partial charge on any atom is 0.124 e. The zero-order valence-electron chi connectivity index (χ0n) is 10.1. The summed E-state index contributed by atoms with van der Waals surface area (Å²) in [7, 11) is 0. The van der Waals surface area contributed by atoms with Crippen LogP contribution in [0.25, 0.3) is 0 Å². The normalized spacial score (nSPS) is 31.8. The lowest BCUT2D eigenvalue weighted by molar-refractivity contribution is 0.0310. The van der Waals surface area contributed by atoms with Crippen LogP contribution in [0.15, 0.2) is 22.7 Å². The number of halogens is 2. The molecule has 0 aliphatic carbocycles. The molecule has 3 rings (SSSR count). The topological polar surface area (TPSA) is 23.5 Å². The van der Waals surface area contributed by atoms with Crippen LogP contribution in [-0.2, 0) is 6.54 Å². The molecular formula is C14H17BrFNO. The smallest absolute Gasteiger partial charge is 0.124 e. The third-order valence-corrected chi connectivity index (χ3v) is 4.60. The maximum atomic E-state index is 13.4. The van der Waals surface area contributed by atoms with E-state index < -0.39 is 0 Å². The number of piperidine rings is 1. The number of hydrogen-bond acceptors (Lipinski definition) is 2. The first-order valence-corrected chi connectivity index (χ1v) is 7.30. The van der Waals surface area contributed by atoms with Crippen molar-refractivity contribution >= 4 is 15.9 Å². The van der Waals surface area contributed by atoms with Crippen LogP contribution < -0.4 is 0 Å². The highest BCUT2D eigenvalue weighted by Crippen LogP contribution is 2.37. The summed E-state index contributed by atoms with van der Waals surface area (Å²) in [6.45, 7) is 0.790. The van der Waals surface area contributed by atoms with Crippen LogP contribution >= 0.6 is 15.9 Å². The summed E-state index contributed by atoms with van der Waals surface area (Å²) in [6, 6.07) is 6.02. The minimum atomic E-state index is -0.191. The Labute approximate surface area is 115 Å². The van der Waals surface area contributed by atoms with E-state index in [0.717, 1.165) is 42.3 Å². The van der Waals surface area contributed by atoms with Gasteiger partial charge in [0.2, 0.25) is 0 Å². The van der Waals surface area contributed by atoms with E-state index in [1.165, 1.54) is 6.07 Å². The molecule has 2 bridgehead atoms. The number of hydrogen-bond donors (Lipinski definition) is 1. The van der Waals surface area contributed by atoms with Crippen molar-refractivity contribution < 1.29 is 9.50 Å². The van der Waals surface area contributed by atoms with Gasteiger partial charge < -0.3 is 5.11 Å². The second-order valence-electron chi connectivity index (χ2n) is 5.46. The SMILES string of the molecule is OC1CC2CCC(C1)N2Cc1cc(F)cc(Br)c1. The quantitative estimate of drug-likeness (QED) is 0.907. The Hall–Kier alpha value is -0.450. The third-order valence-electron chi connectivity index (χ3n) is 4.15. The first-order chi connectivity index (χ1) is 8.61. The van der Waals surface area contributed by atoms with Gasteiger partial charge in [-0.1, -0.05) is 15.9 Å². The van der Waals surface area contributed by atoms with E-state index >= 15 is 0 Å². The Morgan fingerprint density at radius 2 is 1.89 bits per heavy atom. The van der Waals surface area contributed by atoms with Gasteiger partial charge in [-0.15, -0.1) is 0 Å². The number of nitrogens with zero attached hydrogens (tertiary/aromatic N) is 1. The lowest BCUT2D eigenvalue weighted by atomic mass is 9.99. The highest BCUT2D eigenvalue weighted by Gasteiger charge is 2.39. The highest BCUT2D eigenvalue weighted by atomic mass is 79.9. The molecule has 0 radical (unpaired) electrons. The molecule has 0 aromatic heterocycles. The molecule has 2 saturated heterocycles. The fraction of sp³-hybridized carbons (Fsp3) is 0.571. The fourth-order valence-electron chi connectivity index (χ4n) is 3.42. The summed E-state index contributed by atoms with van der Waals surface area (Å²) in [4.78, 5) is 2.44. The standard InChI is InChI=1S/C14H17BrFNO/c15-10-3-9(4-11(16)5-10)8-17-12-1-2-13(17)7-14(18)6-12/h3-5,12-14,18H,1-2,6-8H2. The van der Waals surface area contributed by atoms with Crippen molar-refractivity contribution in [3.8, 4) is 0 Å². The number of fused-ring (bicyclic) bond motifs is 2. The van der Waals surface area contributed by atoms with Gasteiger partial charge in [0.15, 0.2) is 0 Å². The van der Waals surface area contributed by atoms with Crippen molar-refractivity contribution in [2.75, 3.05) is 0 Å². The van der Waals surface area contributed by atoms with E-state index in [-0.39, 0.29) is 11.9 Å². The van der Waals surface area contributed by atoms with Crippen LogP contribution in [0.5, 0.6) is 0 Å². The zero-order chi connectivity index (χ0) is 12.7. The van der Waals surface area contributed by atoms with Crippen LogP contribution in [0.2, 0.25) is 0 Å². The van der Waals surface area contributed by atoms with Gasteiger partial charge >= 0.3 is 0 Å². The van der Waals surface area contributed by atoms with Crippen LogP contribution in [0.4, 0.5) is 4.39 Å². The molecule has 2 heterocycles. The lowest BCUT2D eigenvalue weighted by Crippen LogP contribution is -2.44. The Balaban J connectivity index is 1.77. The number of benzene rings is 1. The van der Waals surface area contributed by atoms with Crippen molar-refractivity contribution in [1.29, 1.82) is 0 Å². The summed E-state index contributed by atoms with van der Waals surface area (Å²) in [6.07, 6.45) is 3.93. The second kappa shape index (κ2) is 4.91. The lowest BCUT2D eigenvalue weighted by Gasteiger charge is -2.37. The van der Waals surface area contributed by atoms with E-state index in [0.29, 0.717) is 12.1 Å². The van der Waals surface area contributed by atoms with Gasteiger partial charge in [-0.3, -0.25) is 4.90 Å². The molecule has 18 heavy (non-hydrogen) atoms. The first kappa shape index (κ1) is 12.6. The molecule has 98 valence electrons. The largest absolute Gasteiger partial charge is 0.393 e. The van der Waals surface area contributed by atoms with Crippen molar-refractivity contribution in [3.63, 3.8) is 0 Å². The predicted octanol–water partition coefficient (Wildman–Crippen LogP) is 3.08. The van der Waals surface area contributed by atoms with E-state index in [2.05, 4.69) is 20.8 Å². The zero-order valence-corrected chi connectivity index (χ0v) is 11.7. The minimum absolute atomic E-state index is 0.141. The van der Waals surface area contributed by atoms with Crippen LogP contribution in [0.1, 0.15) is 31.2 Å². The number of aliphatic hydroxyl groups is 1. The monoisotopic (exact) mass is 313 g/mol. The van der Waals surface area contributed by atoms with E-state index in [9.17, 15) is 9.50 Å². The van der Waals surface area contributed by atoms with Crippen molar-refractivity contribution in [1.82, 2.24) is 4.90 Å². The van der Waals surface area contributed by atoms with Gasteiger partial charge in [0, 0.05) is 23.1 Å². The average Bonchev–Trinajstić information content (AvgIpc) is 2.53. The summed E-state index contributed by atoms with van der Waals surface area (Å²) in [5.74, 6) is -0.191. The van der Waals surface area contributed by atoms with E-state index in [4.69, 9.17) is 0 Å². The molecular weight excluding hydrogens is 297 g/mol. The van der Waals surface area contributed by atoms with Gasteiger partial charge in [0.25, 0.3) is 0 Å². The molecule has 1 aromatic rings. The highest BCUT2D eigenvalue weighted by molar-refractivity contribution is 9.10. The Bertz CT molecular complexity index is 419. The van der Waals surface area contributed by atoms with Gasteiger partial charge in [-0.2, -0.15) is 0 Å². The average molecular weight is 314 g/mol. The molecule has 2 unspecified atom stereocenters. The minimum Gasteiger partial charge on any atom is -0.393 e. The molecule has 2 fully saturated rings. The molecule has 0 spiro atoms. The number of aliphatic hydroxyl groups excluding tert-OH is 1. The summed E-state index contributed by atoms with van der Waals surface area (Å²) in [5.41, 5.74) is 1.01. The summed E-state index contributed by atoms with van der Waals surface area (Å²) >= 11 is 3.33. The predicted molar refractivity (Wildman–Crippen MR) is 71.7 cm³/mol. The van der Waals surface area contributed by atoms with Crippen molar-refractivity contribution in [2.45, 2.75) is 50.4 Å². The summed E-state index contributed by atoms with van der Waals surface area (Å²) in [5, 5.41) is 9.77. The third kappa shape index (κ3) is 2.46. The Kier molecular flexibility index (Phi) is 3.43. The molecule has 0 saturated carbocycles. The molecule has 2 aliphatic heterocycles. The van der Waals surface area contributed by atoms with Crippen LogP contribution in [0, 0.1) is 5.82 Å².